The van der Waals surface area contributed by atoms with Gasteiger partial charge in [0.05, 0.1) is 0 Å². The minimum Gasteiger partial charge on any atom is -0.381 e. The highest BCUT2D eigenvalue weighted by atomic mass is 32.2. The van der Waals surface area contributed by atoms with Gasteiger partial charge in [-0.05, 0) is 44.4 Å². The first-order chi connectivity index (χ1) is 6.41. The number of nitrogens with one attached hydrogen (secondary N) is 1. The Morgan fingerprint density at radius 1 is 1.15 bits per heavy atom. The zero-order valence-electron chi connectivity index (χ0n) is 8.97. The standard InChI is InChI=1S/C10H23NOS/c1-3-8-12-9-4-6-11-7-5-10-13-2/h11H,3-10H2,1-2H3. The van der Waals surface area contributed by atoms with Crippen molar-refractivity contribution in [2.24, 2.45) is 0 Å². The lowest BCUT2D eigenvalue weighted by molar-refractivity contribution is 0.132. The fraction of sp³-hybridized carbons (Fsp3) is 1.00. The van der Waals surface area contributed by atoms with Gasteiger partial charge in [0.2, 0.25) is 0 Å². The number of ether oxygens (including phenoxy) is 1. The normalized spacial score (nSPS) is 10.6. The Balaban J connectivity index is 2.76. The number of rotatable bonds is 10. The number of hydrogen-bond acceptors (Lipinski definition) is 3. The van der Waals surface area contributed by atoms with Gasteiger partial charge < -0.3 is 10.1 Å². The molecule has 1 N–H and O–H groups in total. The van der Waals surface area contributed by atoms with Crippen LogP contribution in [0.2, 0.25) is 0 Å². The maximum atomic E-state index is 5.37. The molecular formula is C10H23NOS. The lowest BCUT2D eigenvalue weighted by atomic mass is 10.4. The second kappa shape index (κ2) is 12.3. The molecule has 0 aromatic carbocycles. The van der Waals surface area contributed by atoms with Gasteiger partial charge in [0, 0.05) is 13.2 Å². The number of thioether (sulfide) groups is 1. The quantitative estimate of drug-likeness (QED) is 0.552. The van der Waals surface area contributed by atoms with Crippen molar-refractivity contribution in [1.82, 2.24) is 5.32 Å². The molecule has 2 nitrogen and oxygen atoms in total. The molecule has 0 radical (unpaired) electrons. The van der Waals surface area contributed by atoms with E-state index in [1.165, 1.54) is 12.2 Å². The van der Waals surface area contributed by atoms with E-state index in [2.05, 4.69) is 18.5 Å². The highest BCUT2D eigenvalue weighted by Crippen LogP contribution is 1.93. The van der Waals surface area contributed by atoms with E-state index < -0.39 is 0 Å². The van der Waals surface area contributed by atoms with E-state index in [9.17, 15) is 0 Å². The van der Waals surface area contributed by atoms with Crippen LogP contribution >= 0.6 is 11.8 Å². The fourth-order valence-electron chi connectivity index (χ4n) is 1.01. The fourth-order valence-corrected chi connectivity index (χ4v) is 1.45. The molecule has 0 aliphatic heterocycles. The molecule has 0 aliphatic carbocycles. The molecule has 0 heterocycles. The minimum atomic E-state index is 0.906. The van der Waals surface area contributed by atoms with Crippen molar-refractivity contribution in [3.8, 4) is 0 Å². The maximum Gasteiger partial charge on any atom is 0.0478 e. The van der Waals surface area contributed by atoms with E-state index in [0.29, 0.717) is 0 Å². The summed E-state index contributed by atoms with van der Waals surface area (Å²) in [7, 11) is 0. The summed E-state index contributed by atoms with van der Waals surface area (Å²) in [5, 5.41) is 3.40. The predicted octanol–water partition coefficient (Wildman–Crippen LogP) is 2.15. The largest absolute Gasteiger partial charge is 0.381 e. The van der Waals surface area contributed by atoms with Crippen molar-refractivity contribution in [1.29, 1.82) is 0 Å². The maximum absolute atomic E-state index is 5.37. The highest BCUT2D eigenvalue weighted by molar-refractivity contribution is 7.98. The van der Waals surface area contributed by atoms with Gasteiger partial charge in [0.1, 0.15) is 0 Å². The molecule has 0 saturated carbocycles. The van der Waals surface area contributed by atoms with Crippen LogP contribution in [-0.2, 0) is 4.74 Å². The molecular weight excluding hydrogens is 182 g/mol. The predicted molar refractivity (Wildman–Crippen MR) is 61.6 cm³/mol. The summed E-state index contributed by atoms with van der Waals surface area (Å²) < 4.78 is 5.37. The van der Waals surface area contributed by atoms with Crippen LogP contribution in [0.25, 0.3) is 0 Å². The molecule has 0 rings (SSSR count). The number of hydrogen-bond donors (Lipinski definition) is 1. The van der Waals surface area contributed by atoms with Crippen LogP contribution in [-0.4, -0.2) is 38.3 Å². The van der Waals surface area contributed by atoms with E-state index in [4.69, 9.17) is 4.74 Å². The van der Waals surface area contributed by atoms with Crippen LogP contribution in [0.1, 0.15) is 26.2 Å². The molecule has 0 unspecified atom stereocenters. The Hall–Kier alpha value is 0.270. The van der Waals surface area contributed by atoms with Crippen LogP contribution < -0.4 is 5.32 Å². The summed E-state index contributed by atoms with van der Waals surface area (Å²) in [5.41, 5.74) is 0. The average Bonchev–Trinajstić information content (AvgIpc) is 2.16. The third-order valence-corrected chi connectivity index (χ3v) is 2.39. The van der Waals surface area contributed by atoms with Crippen LogP contribution in [0.5, 0.6) is 0 Å². The molecule has 0 aromatic heterocycles. The minimum absolute atomic E-state index is 0.906. The SMILES string of the molecule is CCCOCCCNCCCSC. The molecule has 0 aromatic rings. The van der Waals surface area contributed by atoms with E-state index in [0.717, 1.165) is 39.1 Å². The van der Waals surface area contributed by atoms with E-state index >= 15 is 0 Å². The van der Waals surface area contributed by atoms with Gasteiger partial charge in [0.15, 0.2) is 0 Å². The van der Waals surface area contributed by atoms with Crippen LogP contribution in [0.3, 0.4) is 0 Å². The zero-order chi connectivity index (χ0) is 9.78. The lowest BCUT2D eigenvalue weighted by Crippen LogP contribution is -2.18. The molecule has 0 amide bonds. The zero-order valence-corrected chi connectivity index (χ0v) is 9.79. The van der Waals surface area contributed by atoms with E-state index in [1.807, 2.05) is 11.8 Å². The van der Waals surface area contributed by atoms with Gasteiger partial charge in [-0.2, -0.15) is 11.8 Å². The van der Waals surface area contributed by atoms with Gasteiger partial charge >= 0.3 is 0 Å². The van der Waals surface area contributed by atoms with Crippen LogP contribution in [0, 0.1) is 0 Å². The Labute approximate surface area is 86.8 Å². The first-order valence-electron chi connectivity index (χ1n) is 5.19. The van der Waals surface area contributed by atoms with Gasteiger partial charge in [-0.25, -0.2) is 0 Å². The summed E-state index contributed by atoms with van der Waals surface area (Å²) in [6.07, 6.45) is 5.69. The third-order valence-electron chi connectivity index (χ3n) is 1.69. The summed E-state index contributed by atoms with van der Waals surface area (Å²) >= 11 is 1.91. The van der Waals surface area contributed by atoms with Crippen molar-refractivity contribution in [3.63, 3.8) is 0 Å². The van der Waals surface area contributed by atoms with Crippen molar-refractivity contribution >= 4 is 11.8 Å². The van der Waals surface area contributed by atoms with Crippen molar-refractivity contribution in [3.05, 3.63) is 0 Å². The Bertz CT molecular complexity index is 81.0. The van der Waals surface area contributed by atoms with Crippen molar-refractivity contribution in [2.45, 2.75) is 26.2 Å². The monoisotopic (exact) mass is 205 g/mol. The second-order valence-corrected chi connectivity index (χ2v) is 4.05. The Morgan fingerprint density at radius 3 is 2.62 bits per heavy atom. The first kappa shape index (κ1) is 13.3. The van der Waals surface area contributed by atoms with E-state index in [-0.39, 0.29) is 0 Å². The summed E-state index contributed by atoms with van der Waals surface area (Å²) in [6, 6.07) is 0. The van der Waals surface area contributed by atoms with Crippen LogP contribution in [0.15, 0.2) is 0 Å². The molecule has 3 heteroatoms. The molecule has 0 aliphatic rings. The second-order valence-electron chi connectivity index (χ2n) is 3.06. The summed E-state index contributed by atoms with van der Waals surface area (Å²) in [6.45, 7) is 6.20. The molecule has 0 spiro atoms. The molecule has 0 saturated heterocycles. The molecule has 13 heavy (non-hydrogen) atoms. The average molecular weight is 205 g/mol. The smallest absolute Gasteiger partial charge is 0.0478 e. The lowest BCUT2D eigenvalue weighted by Gasteiger charge is -2.04. The topological polar surface area (TPSA) is 21.3 Å². The van der Waals surface area contributed by atoms with Gasteiger partial charge in [0.25, 0.3) is 0 Å². The third kappa shape index (κ3) is 12.3. The highest BCUT2D eigenvalue weighted by Gasteiger charge is 1.89. The summed E-state index contributed by atoms with van der Waals surface area (Å²) in [5.74, 6) is 1.26. The Kier molecular flexibility index (Phi) is 12.5. The van der Waals surface area contributed by atoms with Gasteiger partial charge in [-0.1, -0.05) is 6.92 Å². The molecule has 0 atom stereocenters. The molecule has 80 valence electrons. The molecule has 0 fully saturated rings. The first-order valence-corrected chi connectivity index (χ1v) is 6.58. The molecule has 0 bridgehead atoms. The van der Waals surface area contributed by atoms with Gasteiger partial charge in [-0.15, -0.1) is 0 Å². The van der Waals surface area contributed by atoms with Crippen molar-refractivity contribution < 1.29 is 4.74 Å². The van der Waals surface area contributed by atoms with Crippen molar-refractivity contribution in [2.75, 3.05) is 38.3 Å². The Morgan fingerprint density at radius 2 is 1.92 bits per heavy atom. The van der Waals surface area contributed by atoms with Crippen LogP contribution in [0.4, 0.5) is 0 Å². The van der Waals surface area contributed by atoms with E-state index in [1.54, 1.807) is 0 Å². The van der Waals surface area contributed by atoms with Gasteiger partial charge in [-0.3, -0.25) is 0 Å². The summed E-state index contributed by atoms with van der Waals surface area (Å²) in [4.78, 5) is 0.